The normalized spacial score (nSPS) is 10.0. The van der Waals surface area contributed by atoms with E-state index in [-0.39, 0.29) is 35.4 Å². The van der Waals surface area contributed by atoms with Crippen LogP contribution in [0.3, 0.4) is 0 Å². The third-order valence-electron chi connectivity index (χ3n) is 1.92. The van der Waals surface area contributed by atoms with Crippen molar-refractivity contribution >= 4 is 24.6 Å². The molecule has 0 unspecified atom stereocenters. The summed E-state index contributed by atoms with van der Waals surface area (Å²) < 4.78 is 0. The number of nitrogens with zero attached hydrogens (tertiary/aromatic N) is 3. The van der Waals surface area contributed by atoms with Crippen molar-refractivity contribution < 1.29 is 17.1 Å². The van der Waals surface area contributed by atoms with E-state index in [4.69, 9.17) is 17.5 Å². The second-order valence-electron chi connectivity index (χ2n) is 3.28. The van der Waals surface area contributed by atoms with Crippen LogP contribution in [0.25, 0.3) is 0 Å². The predicted molar refractivity (Wildman–Crippen MR) is 80.7 cm³/mol. The van der Waals surface area contributed by atoms with Gasteiger partial charge >= 0.3 is 0 Å². The fraction of sp³-hybridized carbons (Fsp3) is 0. The zero-order valence-corrected chi connectivity index (χ0v) is 12.5. The first kappa shape index (κ1) is 20.7. The van der Waals surface area contributed by atoms with Crippen LogP contribution in [0.4, 0.5) is 0 Å². The van der Waals surface area contributed by atoms with Gasteiger partial charge in [0.2, 0.25) is 0 Å². The number of hydrogen-bond acceptors (Lipinski definition) is 4. The fourth-order valence-electron chi connectivity index (χ4n) is 1.09. The summed E-state index contributed by atoms with van der Waals surface area (Å²) >= 11 is 0. The van der Waals surface area contributed by atoms with Gasteiger partial charge in [-0.3, -0.25) is 0 Å². The Labute approximate surface area is 134 Å². The van der Waals surface area contributed by atoms with E-state index < -0.39 is 0 Å². The summed E-state index contributed by atoms with van der Waals surface area (Å²) in [6, 6.07) is 17.6. The van der Waals surface area contributed by atoms with Crippen molar-refractivity contribution in [2.24, 2.45) is 27.6 Å². The van der Waals surface area contributed by atoms with Gasteiger partial charge in [0.15, 0.2) is 0 Å². The Hall–Kier alpha value is -1.63. The van der Waals surface area contributed by atoms with Gasteiger partial charge in [0.25, 0.3) is 5.96 Å². The minimum atomic E-state index is 0. The van der Waals surface area contributed by atoms with Crippen molar-refractivity contribution in [1.82, 2.24) is 5.12 Å². The van der Waals surface area contributed by atoms with Gasteiger partial charge in [0.1, 0.15) is 0 Å². The number of rotatable bonds is 1. The van der Waals surface area contributed by atoms with Crippen LogP contribution in [-0.2, 0) is 17.1 Å². The molecule has 0 bridgehead atoms. The Morgan fingerprint density at radius 1 is 1.05 bits per heavy atom. The van der Waals surface area contributed by atoms with E-state index in [9.17, 15) is 0 Å². The van der Waals surface area contributed by atoms with E-state index in [1.807, 2.05) is 54.6 Å². The Kier molecular flexibility index (Phi) is 12.8. The molecule has 20 heavy (non-hydrogen) atoms. The van der Waals surface area contributed by atoms with Gasteiger partial charge in [-0.15, -0.1) is 23.1 Å². The molecular formula is C12H17ClFeN6-6. The Bertz CT molecular complexity index is 447. The summed E-state index contributed by atoms with van der Waals surface area (Å²) in [5.41, 5.74) is 0.933. The van der Waals surface area contributed by atoms with Crippen LogP contribution in [-0.4, -0.2) is 17.3 Å². The van der Waals surface area contributed by atoms with Crippen molar-refractivity contribution in [2.75, 3.05) is 0 Å². The van der Waals surface area contributed by atoms with Gasteiger partial charge in [0, 0.05) is 17.1 Å². The SMILES string of the molecule is Cl.NN=C(N=C[c-]1cccc1)N(N)N.[Fe].[cH-]1[cH-][cH-][cH-][cH-]1. The summed E-state index contributed by atoms with van der Waals surface area (Å²) in [5.74, 6) is 15.4. The zero-order valence-electron chi connectivity index (χ0n) is 10.6. The van der Waals surface area contributed by atoms with Crippen LogP contribution >= 0.6 is 12.4 Å². The minimum Gasteiger partial charge on any atom is -0.748 e. The van der Waals surface area contributed by atoms with Crippen LogP contribution < -0.4 is 17.5 Å². The summed E-state index contributed by atoms with van der Waals surface area (Å²) in [6.07, 6.45) is 1.57. The smallest absolute Gasteiger partial charge is 0.270 e. The Morgan fingerprint density at radius 3 is 1.85 bits per heavy atom. The number of hydrazone groups is 1. The molecule has 0 aliphatic heterocycles. The second kappa shape index (κ2) is 12.4. The minimum absolute atomic E-state index is 0. The topological polar surface area (TPSA) is 106 Å². The van der Waals surface area contributed by atoms with E-state index in [0.29, 0.717) is 0 Å². The predicted octanol–water partition coefficient (Wildman–Crippen LogP) is 0.928. The van der Waals surface area contributed by atoms with Gasteiger partial charge < -0.3 is 36.2 Å². The molecule has 0 aliphatic carbocycles. The number of aliphatic imine (C=N–C) groups is 1. The summed E-state index contributed by atoms with van der Waals surface area (Å²) in [7, 11) is 0. The van der Waals surface area contributed by atoms with E-state index in [1.165, 1.54) is 0 Å². The molecular weight excluding hydrogens is 319 g/mol. The van der Waals surface area contributed by atoms with E-state index in [0.717, 1.165) is 10.7 Å². The molecule has 6 N–H and O–H groups in total. The maximum atomic E-state index is 5.17. The first-order chi connectivity index (χ1) is 8.74. The first-order valence-corrected chi connectivity index (χ1v) is 5.24. The molecule has 0 radical (unpaired) electrons. The van der Waals surface area contributed by atoms with Crippen LogP contribution in [0, 0.1) is 0 Å². The molecule has 8 heteroatoms. The van der Waals surface area contributed by atoms with E-state index >= 15 is 0 Å². The second-order valence-corrected chi connectivity index (χ2v) is 3.28. The molecule has 0 saturated carbocycles. The molecule has 0 fully saturated rings. The molecule has 2 aromatic carbocycles. The molecule has 0 atom stereocenters. The number of hydrazine groups is 2. The molecule has 6 nitrogen and oxygen atoms in total. The molecule has 0 amide bonds. The third-order valence-corrected chi connectivity index (χ3v) is 1.92. The standard InChI is InChI=1S/C7H11N6.C5H5.ClH.Fe/c8-12-7(13(9)10)11-5-6-3-1-2-4-6;1-2-4-5-3-1;;/h1-5H,8-10H2;1-5H;1H;/q-1;-5;;. The largest absolute Gasteiger partial charge is 0.748 e. The Morgan fingerprint density at radius 2 is 1.50 bits per heavy atom. The van der Waals surface area contributed by atoms with Gasteiger partial charge in [-0.2, -0.15) is 12.1 Å². The molecule has 0 aromatic heterocycles. The van der Waals surface area contributed by atoms with Gasteiger partial charge in [-0.05, 0) is 6.21 Å². The third kappa shape index (κ3) is 8.47. The fourth-order valence-corrected chi connectivity index (χ4v) is 1.09. The Balaban J connectivity index is 0. The molecule has 0 aliphatic rings. The van der Waals surface area contributed by atoms with Crippen molar-refractivity contribution in [3.63, 3.8) is 0 Å². The number of hydrogen-bond donors (Lipinski definition) is 3. The van der Waals surface area contributed by atoms with E-state index in [2.05, 4.69) is 10.1 Å². The molecule has 0 heterocycles. The zero-order chi connectivity index (χ0) is 13.2. The summed E-state index contributed by atoms with van der Waals surface area (Å²) in [4.78, 5) is 3.86. The van der Waals surface area contributed by atoms with Crippen LogP contribution in [0.1, 0.15) is 5.56 Å². The first-order valence-electron chi connectivity index (χ1n) is 5.24. The number of guanidine groups is 1. The van der Waals surface area contributed by atoms with Crippen molar-refractivity contribution in [1.29, 1.82) is 0 Å². The van der Waals surface area contributed by atoms with Gasteiger partial charge in [0.05, 0.1) is 0 Å². The molecule has 2 rings (SSSR count). The average Bonchev–Trinajstić information content (AvgIpc) is 3.06. The molecule has 2 aromatic rings. The number of nitrogens with two attached hydrogens (primary N) is 3. The maximum Gasteiger partial charge on any atom is 0.270 e. The molecule has 116 valence electrons. The van der Waals surface area contributed by atoms with Crippen LogP contribution in [0.15, 0.2) is 64.7 Å². The maximum absolute atomic E-state index is 5.17. The van der Waals surface area contributed by atoms with Crippen molar-refractivity contribution in [2.45, 2.75) is 0 Å². The molecule has 0 saturated heterocycles. The average molecular weight is 337 g/mol. The summed E-state index contributed by atoms with van der Waals surface area (Å²) in [6.45, 7) is 0. The summed E-state index contributed by atoms with van der Waals surface area (Å²) in [5, 5.41) is 4.03. The monoisotopic (exact) mass is 336 g/mol. The molecule has 0 spiro atoms. The van der Waals surface area contributed by atoms with Crippen molar-refractivity contribution in [3.05, 3.63) is 60.2 Å². The quantitative estimate of drug-likeness (QED) is 0.180. The number of halogens is 1. The van der Waals surface area contributed by atoms with Crippen LogP contribution in [0.5, 0.6) is 0 Å². The van der Waals surface area contributed by atoms with Crippen LogP contribution in [0.2, 0.25) is 0 Å². The van der Waals surface area contributed by atoms with Gasteiger partial charge in [-0.1, -0.05) is 0 Å². The van der Waals surface area contributed by atoms with Gasteiger partial charge in [-0.25, -0.2) is 33.9 Å². The van der Waals surface area contributed by atoms with E-state index in [1.54, 1.807) is 6.21 Å². The van der Waals surface area contributed by atoms with Crippen molar-refractivity contribution in [3.8, 4) is 0 Å².